The second kappa shape index (κ2) is 8.95. The van der Waals surface area contributed by atoms with Crippen molar-refractivity contribution in [3.05, 3.63) is 41.7 Å². The van der Waals surface area contributed by atoms with E-state index in [2.05, 4.69) is 20.0 Å². The monoisotopic (exact) mass is 354 g/mol. The lowest BCUT2D eigenvalue weighted by Gasteiger charge is -2.13. The molecule has 0 saturated heterocycles. The number of aromatic nitrogens is 2. The van der Waals surface area contributed by atoms with E-state index in [-0.39, 0.29) is 18.5 Å². The van der Waals surface area contributed by atoms with E-state index < -0.39 is 0 Å². The topological polar surface area (TPSA) is 70.1 Å². The first-order chi connectivity index (χ1) is 11.1. The van der Waals surface area contributed by atoms with Crippen LogP contribution in [0.3, 0.4) is 0 Å². The minimum atomic E-state index is -0.231. The molecule has 3 N–H and O–H groups in total. The highest BCUT2D eigenvalue weighted by atomic mass is 32.2. The highest BCUT2D eigenvalue weighted by Crippen LogP contribution is 2.25. The largest absolute Gasteiger partial charge is 0.394 e. The molecule has 5 nitrogen and oxygen atoms in total. The lowest BCUT2D eigenvalue weighted by atomic mass is 10.2. The molecule has 1 aromatic carbocycles. The van der Waals surface area contributed by atoms with Crippen molar-refractivity contribution >= 4 is 35.3 Å². The van der Waals surface area contributed by atoms with Crippen LogP contribution in [0.5, 0.6) is 0 Å². The van der Waals surface area contributed by atoms with E-state index >= 15 is 0 Å². The summed E-state index contributed by atoms with van der Waals surface area (Å²) in [7, 11) is 0. The summed E-state index contributed by atoms with van der Waals surface area (Å²) in [4.78, 5) is 8.80. The Kier molecular flexibility index (Phi) is 6.94. The molecule has 0 amide bonds. The van der Waals surface area contributed by atoms with Crippen molar-refractivity contribution in [2.75, 3.05) is 22.9 Å². The van der Waals surface area contributed by atoms with E-state index in [0.717, 1.165) is 0 Å². The minimum absolute atomic E-state index is 0.00694. The Balaban J connectivity index is 2.14. The molecule has 1 atom stereocenters. The van der Waals surface area contributed by atoms with Crippen molar-refractivity contribution in [2.24, 2.45) is 0 Å². The predicted molar refractivity (Wildman–Crippen MR) is 95.3 cm³/mol. The zero-order valence-electron chi connectivity index (χ0n) is 12.9. The Bertz CT molecular complexity index is 645. The quantitative estimate of drug-likeness (QED) is 0.381. The van der Waals surface area contributed by atoms with Crippen LogP contribution in [0.1, 0.15) is 12.5 Å². The fraction of sp³-hybridized carbons (Fsp3) is 0.333. The van der Waals surface area contributed by atoms with Gasteiger partial charge in [-0.25, -0.2) is 14.4 Å². The van der Waals surface area contributed by atoms with Crippen LogP contribution in [0.4, 0.5) is 16.0 Å². The van der Waals surface area contributed by atoms with E-state index in [1.807, 2.05) is 13.2 Å². The second-order valence-corrected chi connectivity index (χ2v) is 6.39. The van der Waals surface area contributed by atoms with Gasteiger partial charge in [-0.15, -0.1) is 0 Å². The van der Waals surface area contributed by atoms with Crippen molar-refractivity contribution in [3.63, 3.8) is 0 Å². The summed E-state index contributed by atoms with van der Waals surface area (Å²) < 4.78 is 16.7. The van der Waals surface area contributed by atoms with Gasteiger partial charge in [0.25, 0.3) is 0 Å². The van der Waals surface area contributed by atoms with E-state index in [1.165, 1.54) is 29.8 Å². The van der Waals surface area contributed by atoms with Crippen LogP contribution < -0.4 is 10.0 Å². The number of nitrogens with one attached hydrogen (secondary N) is 2. The summed E-state index contributed by atoms with van der Waals surface area (Å²) in [5.74, 6) is 1.50. The molecule has 0 spiro atoms. The number of nitrogens with zero attached hydrogens (tertiary/aromatic N) is 2. The molecular formula is C15H19FN4OS2. The van der Waals surface area contributed by atoms with Crippen LogP contribution in [0.2, 0.25) is 0 Å². The molecule has 0 fully saturated rings. The first-order valence-corrected chi connectivity index (χ1v) is 9.25. The standard InChI is InChI=1S/C15H19FN4OS2/c1-10(8-21)17-13-7-14(20-22-2)19-15(18-13)23-9-11-5-3-4-6-12(11)16/h3-7,10,21H,8-9H2,1-2H3,(H2,17,18,19,20)/t10-/m1/s1. The van der Waals surface area contributed by atoms with Gasteiger partial charge in [-0.3, -0.25) is 0 Å². The number of hydrogen-bond acceptors (Lipinski definition) is 7. The number of rotatable bonds is 8. The molecule has 2 aromatic rings. The van der Waals surface area contributed by atoms with Gasteiger partial charge in [0.2, 0.25) is 0 Å². The van der Waals surface area contributed by atoms with Crippen molar-refractivity contribution in [2.45, 2.75) is 23.9 Å². The highest BCUT2D eigenvalue weighted by molar-refractivity contribution is 7.99. The number of hydrogen-bond donors (Lipinski definition) is 3. The van der Waals surface area contributed by atoms with Crippen molar-refractivity contribution in [3.8, 4) is 0 Å². The van der Waals surface area contributed by atoms with Crippen molar-refractivity contribution in [1.29, 1.82) is 0 Å². The molecular weight excluding hydrogens is 335 g/mol. The fourth-order valence-corrected chi connectivity index (χ4v) is 2.93. The lowest BCUT2D eigenvalue weighted by molar-refractivity contribution is 0.281. The van der Waals surface area contributed by atoms with Gasteiger partial charge >= 0.3 is 0 Å². The maximum absolute atomic E-state index is 13.7. The van der Waals surface area contributed by atoms with Gasteiger partial charge in [-0.1, -0.05) is 41.9 Å². The number of aliphatic hydroxyl groups is 1. The lowest BCUT2D eigenvalue weighted by Crippen LogP contribution is -2.20. The Hall–Kier alpha value is -1.51. The smallest absolute Gasteiger partial charge is 0.191 e. The predicted octanol–water partition coefficient (Wildman–Crippen LogP) is 3.39. The molecule has 0 radical (unpaired) electrons. The van der Waals surface area contributed by atoms with Crippen molar-refractivity contribution < 1.29 is 9.50 Å². The van der Waals surface area contributed by atoms with Crippen molar-refractivity contribution in [1.82, 2.24) is 9.97 Å². The third kappa shape index (κ3) is 5.56. The van der Waals surface area contributed by atoms with Gasteiger partial charge in [0, 0.05) is 24.1 Å². The van der Waals surface area contributed by atoms with Crippen LogP contribution in [0.25, 0.3) is 0 Å². The Labute approximate surface area is 143 Å². The van der Waals surface area contributed by atoms with E-state index in [4.69, 9.17) is 5.11 Å². The van der Waals surface area contributed by atoms with Gasteiger partial charge in [0.05, 0.1) is 6.61 Å². The molecule has 1 heterocycles. The number of benzene rings is 1. The average Bonchev–Trinajstić information content (AvgIpc) is 2.54. The molecule has 0 unspecified atom stereocenters. The zero-order valence-corrected chi connectivity index (χ0v) is 14.5. The zero-order chi connectivity index (χ0) is 16.7. The Morgan fingerprint density at radius 1 is 1.26 bits per heavy atom. The van der Waals surface area contributed by atoms with Crippen LogP contribution in [-0.2, 0) is 5.75 Å². The second-order valence-electron chi connectivity index (χ2n) is 4.84. The highest BCUT2D eigenvalue weighted by Gasteiger charge is 2.09. The summed E-state index contributed by atoms with van der Waals surface area (Å²) in [6, 6.07) is 8.33. The third-order valence-corrected chi connectivity index (χ3v) is 4.20. The first-order valence-electron chi connectivity index (χ1n) is 7.04. The number of anilines is 2. The van der Waals surface area contributed by atoms with Gasteiger partial charge in [0.15, 0.2) is 5.16 Å². The van der Waals surface area contributed by atoms with Crippen LogP contribution in [0.15, 0.2) is 35.5 Å². The molecule has 0 bridgehead atoms. The Morgan fingerprint density at radius 3 is 2.70 bits per heavy atom. The van der Waals surface area contributed by atoms with E-state index in [9.17, 15) is 4.39 Å². The van der Waals surface area contributed by atoms with Gasteiger partial charge < -0.3 is 15.1 Å². The summed E-state index contributed by atoms with van der Waals surface area (Å²) in [5.41, 5.74) is 0.613. The summed E-state index contributed by atoms with van der Waals surface area (Å²) in [5, 5.41) is 12.8. The average molecular weight is 354 g/mol. The minimum Gasteiger partial charge on any atom is -0.394 e. The molecule has 0 saturated carbocycles. The third-order valence-electron chi connectivity index (χ3n) is 2.90. The number of thioether (sulfide) groups is 1. The first kappa shape index (κ1) is 17.8. The molecule has 2 rings (SSSR count). The SMILES string of the molecule is CSNc1cc(N[C@H](C)CO)nc(SCc2ccccc2F)n1. The summed E-state index contributed by atoms with van der Waals surface area (Å²) in [6.45, 7) is 1.86. The molecule has 23 heavy (non-hydrogen) atoms. The molecule has 0 aliphatic carbocycles. The van der Waals surface area contributed by atoms with Crippen LogP contribution in [-0.4, -0.2) is 34.0 Å². The van der Waals surface area contributed by atoms with E-state index in [0.29, 0.717) is 28.1 Å². The molecule has 0 aliphatic heterocycles. The van der Waals surface area contributed by atoms with Gasteiger partial charge in [-0.05, 0) is 18.6 Å². The van der Waals surface area contributed by atoms with Crippen LogP contribution in [0, 0.1) is 5.82 Å². The maximum atomic E-state index is 13.7. The van der Waals surface area contributed by atoms with E-state index in [1.54, 1.807) is 24.3 Å². The summed E-state index contributed by atoms with van der Waals surface area (Å²) >= 11 is 2.79. The maximum Gasteiger partial charge on any atom is 0.191 e. The summed E-state index contributed by atoms with van der Waals surface area (Å²) in [6.07, 6.45) is 1.90. The molecule has 8 heteroatoms. The number of halogens is 1. The fourth-order valence-electron chi connectivity index (χ4n) is 1.78. The Morgan fingerprint density at radius 2 is 2.00 bits per heavy atom. The molecule has 1 aromatic heterocycles. The molecule has 0 aliphatic rings. The number of aliphatic hydroxyl groups excluding tert-OH is 1. The van der Waals surface area contributed by atoms with Gasteiger partial charge in [-0.2, -0.15) is 0 Å². The molecule has 124 valence electrons. The normalized spacial score (nSPS) is 12.0. The van der Waals surface area contributed by atoms with Crippen LogP contribution >= 0.6 is 23.7 Å². The van der Waals surface area contributed by atoms with Gasteiger partial charge in [0.1, 0.15) is 17.5 Å².